The van der Waals surface area contributed by atoms with Gasteiger partial charge in [0.05, 0.1) is 12.1 Å². The van der Waals surface area contributed by atoms with Crippen molar-refractivity contribution in [1.82, 2.24) is 4.90 Å². The van der Waals surface area contributed by atoms with Crippen molar-refractivity contribution >= 4 is 5.96 Å². The van der Waals surface area contributed by atoms with Crippen LogP contribution in [0, 0.1) is 5.92 Å². The summed E-state index contributed by atoms with van der Waals surface area (Å²) >= 11 is 0. The second-order valence-electron chi connectivity index (χ2n) is 4.84. The van der Waals surface area contributed by atoms with Crippen LogP contribution in [0.4, 0.5) is 0 Å². The predicted molar refractivity (Wildman–Crippen MR) is 59.2 cm³/mol. The monoisotopic (exact) mass is 195 g/mol. The van der Waals surface area contributed by atoms with Crippen molar-refractivity contribution < 1.29 is 0 Å². The van der Waals surface area contributed by atoms with Crippen molar-refractivity contribution in [2.45, 2.75) is 45.1 Å². The van der Waals surface area contributed by atoms with Gasteiger partial charge in [-0.25, -0.2) is 0 Å². The average Bonchev–Trinajstić information content (AvgIpc) is 2.43. The van der Waals surface area contributed by atoms with E-state index in [0.717, 1.165) is 25.0 Å². The Morgan fingerprint density at radius 3 is 3.07 bits per heavy atom. The molecule has 1 heterocycles. The SMILES string of the molecule is CCN1C(N)=NCC12CCCC(C)C2. The van der Waals surface area contributed by atoms with E-state index >= 15 is 0 Å². The molecule has 0 aromatic carbocycles. The van der Waals surface area contributed by atoms with Crippen LogP contribution in [0.5, 0.6) is 0 Å². The summed E-state index contributed by atoms with van der Waals surface area (Å²) in [4.78, 5) is 6.74. The molecule has 2 unspecified atom stereocenters. The number of guanidine groups is 1. The smallest absolute Gasteiger partial charge is 0.191 e. The van der Waals surface area contributed by atoms with Crippen LogP contribution in [0.1, 0.15) is 39.5 Å². The Morgan fingerprint density at radius 1 is 1.64 bits per heavy atom. The van der Waals surface area contributed by atoms with Gasteiger partial charge < -0.3 is 10.6 Å². The van der Waals surface area contributed by atoms with Crippen molar-refractivity contribution in [2.75, 3.05) is 13.1 Å². The molecule has 14 heavy (non-hydrogen) atoms. The van der Waals surface area contributed by atoms with Crippen LogP contribution in [0.25, 0.3) is 0 Å². The van der Waals surface area contributed by atoms with Gasteiger partial charge in [-0.1, -0.05) is 19.8 Å². The first-order valence-electron chi connectivity index (χ1n) is 5.75. The Kier molecular flexibility index (Phi) is 2.41. The highest BCUT2D eigenvalue weighted by molar-refractivity contribution is 5.81. The molecule has 0 saturated heterocycles. The van der Waals surface area contributed by atoms with Gasteiger partial charge in [0.25, 0.3) is 0 Å². The minimum atomic E-state index is 0.288. The predicted octanol–water partition coefficient (Wildman–Crippen LogP) is 1.59. The number of nitrogens with zero attached hydrogens (tertiary/aromatic N) is 2. The number of nitrogens with two attached hydrogens (primary N) is 1. The Hall–Kier alpha value is -0.730. The zero-order valence-corrected chi connectivity index (χ0v) is 9.29. The highest BCUT2D eigenvalue weighted by Gasteiger charge is 2.43. The summed E-state index contributed by atoms with van der Waals surface area (Å²) < 4.78 is 0. The summed E-state index contributed by atoms with van der Waals surface area (Å²) in [7, 11) is 0. The van der Waals surface area contributed by atoms with E-state index in [1.807, 2.05) is 0 Å². The summed E-state index contributed by atoms with van der Waals surface area (Å²) in [5.74, 6) is 1.60. The number of rotatable bonds is 1. The fourth-order valence-corrected chi connectivity index (χ4v) is 3.16. The van der Waals surface area contributed by atoms with Gasteiger partial charge in [0.2, 0.25) is 0 Å². The van der Waals surface area contributed by atoms with Crippen molar-refractivity contribution in [3.8, 4) is 0 Å². The fourth-order valence-electron chi connectivity index (χ4n) is 3.16. The van der Waals surface area contributed by atoms with Crippen molar-refractivity contribution in [1.29, 1.82) is 0 Å². The van der Waals surface area contributed by atoms with E-state index in [1.165, 1.54) is 25.7 Å². The fraction of sp³-hybridized carbons (Fsp3) is 0.909. The summed E-state index contributed by atoms with van der Waals surface area (Å²) in [6, 6.07) is 0. The van der Waals surface area contributed by atoms with Crippen molar-refractivity contribution in [3.05, 3.63) is 0 Å². The minimum Gasteiger partial charge on any atom is -0.370 e. The van der Waals surface area contributed by atoms with Crippen LogP contribution in [0.2, 0.25) is 0 Å². The number of likely N-dealkylation sites (N-methyl/N-ethyl adjacent to an activating group) is 1. The van der Waals surface area contributed by atoms with E-state index < -0.39 is 0 Å². The lowest BCUT2D eigenvalue weighted by Crippen LogP contribution is -2.53. The average molecular weight is 195 g/mol. The molecule has 0 bridgehead atoms. The molecule has 0 radical (unpaired) electrons. The number of hydrogen-bond acceptors (Lipinski definition) is 3. The molecule has 2 aliphatic rings. The highest BCUT2D eigenvalue weighted by Crippen LogP contribution is 2.39. The summed E-state index contributed by atoms with van der Waals surface area (Å²) in [6.07, 6.45) is 5.25. The first kappa shape index (κ1) is 9.81. The third-order valence-corrected chi connectivity index (χ3v) is 3.77. The summed E-state index contributed by atoms with van der Waals surface area (Å²) in [5, 5.41) is 0. The Labute approximate surface area is 86.4 Å². The molecule has 0 aromatic rings. The summed E-state index contributed by atoms with van der Waals surface area (Å²) in [5.41, 5.74) is 6.20. The minimum absolute atomic E-state index is 0.288. The normalized spacial score (nSPS) is 37.7. The quantitative estimate of drug-likeness (QED) is 0.690. The van der Waals surface area contributed by atoms with E-state index in [0.29, 0.717) is 0 Å². The van der Waals surface area contributed by atoms with E-state index in [4.69, 9.17) is 5.73 Å². The topological polar surface area (TPSA) is 41.6 Å². The molecule has 1 saturated carbocycles. The lowest BCUT2D eigenvalue weighted by molar-refractivity contribution is 0.118. The largest absolute Gasteiger partial charge is 0.370 e. The molecule has 2 rings (SSSR count). The van der Waals surface area contributed by atoms with Crippen LogP contribution in [-0.4, -0.2) is 29.5 Å². The first-order valence-corrected chi connectivity index (χ1v) is 5.75. The van der Waals surface area contributed by atoms with E-state index in [9.17, 15) is 0 Å². The Balaban J connectivity index is 2.16. The Morgan fingerprint density at radius 2 is 2.43 bits per heavy atom. The van der Waals surface area contributed by atoms with Gasteiger partial charge in [0, 0.05) is 6.54 Å². The molecule has 1 aliphatic carbocycles. The molecule has 2 atom stereocenters. The lowest BCUT2D eigenvalue weighted by atomic mass is 9.76. The molecular formula is C11H21N3. The first-order chi connectivity index (χ1) is 6.68. The molecule has 0 aromatic heterocycles. The van der Waals surface area contributed by atoms with Gasteiger partial charge in [-0.2, -0.15) is 0 Å². The maximum Gasteiger partial charge on any atom is 0.191 e. The molecule has 1 spiro atoms. The van der Waals surface area contributed by atoms with E-state index in [-0.39, 0.29) is 5.54 Å². The zero-order valence-electron chi connectivity index (χ0n) is 9.29. The van der Waals surface area contributed by atoms with Crippen LogP contribution >= 0.6 is 0 Å². The number of hydrogen-bond donors (Lipinski definition) is 1. The third-order valence-electron chi connectivity index (χ3n) is 3.77. The molecule has 1 fully saturated rings. The van der Waals surface area contributed by atoms with Crippen molar-refractivity contribution in [3.63, 3.8) is 0 Å². The zero-order chi connectivity index (χ0) is 10.2. The molecule has 1 aliphatic heterocycles. The lowest BCUT2D eigenvalue weighted by Gasteiger charge is -2.43. The molecule has 0 amide bonds. The maximum atomic E-state index is 5.92. The summed E-state index contributed by atoms with van der Waals surface area (Å²) in [6.45, 7) is 6.46. The van der Waals surface area contributed by atoms with Gasteiger partial charge in [0.15, 0.2) is 5.96 Å². The van der Waals surface area contributed by atoms with Gasteiger partial charge in [-0.15, -0.1) is 0 Å². The highest BCUT2D eigenvalue weighted by atomic mass is 15.4. The maximum absolute atomic E-state index is 5.92. The van der Waals surface area contributed by atoms with E-state index in [2.05, 4.69) is 23.7 Å². The second kappa shape index (κ2) is 3.44. The Bertz CT molecular complexity index is 249. The standard InChI is InChI=1S/C11H21N3/c1-3-14-10(12)13-8-11(14)6-4-5-9(2)7-11/h9H,3-8H2,1-2H3,(H2,12,13). The van der Waals surface area contributed by atoms with Crippen LogP contribution in [-0.2, 0) is 0 Å². The van der Waals surface area contributed by atoms with Crippen molar-refractivity contribution in [2.24, 2.45) is 16.6 Å². The third kappa shape index (κ3) is 1.39. The van der Waals surface area contributed by atoms with Crippen LogP contribution in [0.3, 0.4) is 0 Å². The molecule has 80 valence electrons. The molecular weight excluding hydrogens is 174 g/mol. The van der Waals surface area contributed by atoms with E-state index in [1.54, 1.807) is 0 Å². The van der Waals surface area contributed by atoms with Gasteiger partial charge >= 0.3 is 0 Å². The van der Waals surface area contributed by atoms with Gasteiger partial charge in [-0.05, 0) is 25.7 Å². The van der Waals surface area contributed by atoms with Crippen LogP contribution in [0.15, 0.2) is 4.99 Å². The van der Waals surface area contributed by atoms with Gasteiger partial charge in [0.1, 0.15) is 0 Å². The molecule has 3 heteroatoms. The van der Waals surface area contributed by atoms with Crippen LogP contribution < -0.4 is 5.73 Å². The molecule has 3 nitrogen and oxygen atoms in total. The second-order valence-corrected chi connectivity index (χ2v) is 4.84. The number of aliphatic imine (C=N–C) groups is 1. The molecule has 2 N–H and O–H groups in total. The van der Waals surface area contributed by atoms with Gasteiger partial charge in [-0.3, -0.25) is 4.99 Å².